The molecule has 0 atom stereocenters. The fraction of sp³-hybridized carbons (Fsp3) is 0.0476. The minimum absolute atomic E-state index is 0.0981. The molecule has 6 heteroatoms. The van der Waals surface area contributed by atoms with Crippen molar-refractivity contribution >= 4 is 17.4 Å². The summed E-state index contributed by atoms with van der Waals surface area (Å²) in [6, 6.07) is 21.1. The Bertz CT molecular complexity index is 998. The Hall–Kier alpha value is -3.80. The van der Waals surface area contributed by atoms with Gasteiger partial charge in [-0.3, -0.25) is 14.9 Å². The monoisotopic (exact) mass is 361 g/mol. The minimum Gasteiger partial charge on any atom is -0.454 e. The maximum absolute atomic E-state index is 12.6. The van der Waals surface area contributed by atoms with E-state index in [4.69, 9.17) is 4.74 Å². The topological polar surface area (TPSA) is 86.5 Å². The van der Waals surface area contributed by atoms with Crippen molar-refractivity contribution in [2.45, 2.75) is 0 Å². The molecule has 3 aromatic rings. The summed E-state index contributed by atoms with van der Waals surface area (Å²) in [6.45, 7) is -0.453. The van der Waals surface area contributed by atoms with Crippen molar-refractivity contribution in [2.24, 2.45) is 0 Å². The lowest BCUT2D eigenvalue weighted by Crippen LogP contribution is -2.15. The standard InChI is InChI=1S/C21H15NO5/c23-20(14-27-21(24)15-8-2-1-3-9-15)18-12-5-4-10-16(18)17-11-6-7-13-19(17)22(25)26/h1-13H,14H2. The van der Waals surface area contributed by atoms with Crippen LogP contribution in [0.25, 0.3) is 11.1 Å². The number of nitrogens with zero attached hydrogens (tertiary/aromatic N) is 1. The molecule has 0 aliphatic rings. The average molecular weight is 361 g/mol. The minimum atomic E-state index is -0.605. The van der Waals surface area contributed by atoms with Crippen molar-refractivity contribution in [3.8, 4) is 11.1 Å². The summed E-state index contributed by atoms with van der Waals surface area (Å²) < 4.78 is 5.09. The van der Waals surface area contributed by atoms with Crippen LogP contribution in [0.1, 0.15) is 20.7 Å². The molecule has 3 rings (SSSR count). The van der Waals surface area contributed by atoms with Crippen LogP contribution < -0.4 is 0 Å². The molecule has 0 aliphatic carbocycles. The van der Waals surface area contributed by atoms with E-state index in [1.165, 1.54) is 6.07 Å². The van der Waals surface area contributed by atoms with Gasteiger partial charge in [-0.25, -0.2) is 4.79 Å². The molecule has 0 spiro atoms. The lowest BCUT2D eigenvalue weighted by atomic mass is 9.96. The third kappa shape index (κ3) is 4.07. The highest BCUT2D eigenvalue weighted by Crippen LogP contribution is 2.32. The van der Waals surface area contributed by atoms with Crippen LogP contribution in [0.2, 0.25) is 0 Å². The number of para-hydroxylation sites is 1. The molecule has 0 saturated carbocycles. The van der Waals surface area contributed by atoms with Crippen LogP contribution in [0, 0.1) is 10.1 Å². The highest BCUT2D eigenvalue weighted by Gasteiger charge is 2.20. The summed E-state index contributed by atoms with van der Waals surface area (Å²) in [7, 11) is 0. The number of hydrogen-bond acceptors (Lipinski definition) is 5. The van der Waals surface area contributed by atoms with Gasteiger partial charge in [-0.2, -0.15) is 0 Å². The summed E-state index contributed by atoms with van der Waals surface area (Å²) in [5.41, 5.74) is 1.26. The number of carbonyl (C=O) groups excluding carboxylic acids is 2. The zero-order valence-corrected chi connectivity index (χ0v) is 14.2. The zero-order chi connectivity index (χ0) is 19.2. The third-order valence-corrected chi connectivity index (χ3v) is 3.96. The summed E-state index contributed by atoms with van der Waals surface area (Å²) in [5, 5.41) is 11.3. The van der Waals surface area contributed by atoms with Gasteiger partial charge in [0.05, 0.1) is 16.1 Å². The second-order valence-electron chi connectivity index (χ2n) is 5.69. The summed E-state index contributed by atoms with van der Waals surface area (Å²) >= 11 is 0. The normalized spacial score (nSPS) is 10.2. The number of carbonyl (C=O) groups is 2. The first-order valence-electron chi connectivity index (χ1n) is 8.16. The van der Waals surface area contributed by atoms with E-state index in [9.17, 15) is 19.7 Å². The second-order valence-corrected chi connectivity index (χ2v) is 5.69. The Labute approximate surface area is 155 Å². The van der Waals surface area contributed by atoms with Gasteiger partial charge in [0.25, 0.3) is 5.69 Å². The van der Waals surface area contributed by atoms with Crippen molar-refractivity contribution in [3.63, 3.8) is 0 Å². The van der Waals surface area contributed by atoms with E-state index in [1.807, 2.05) is 0 Å². The number of nitro groups is 1. The average Bonchev–Trinajstić information content (AvgIpc) is 2.72. The fourth-order valence-corrected chi connectivity index (χ4v) is 2.69. The first kappa shape index (κ1) is 18.0. The lowest BCUT2D eigenvalue weighted by molar-refractivity contribution is -0.384. The Morgan fingerprint density at radius 1 is 0.815 bits per heavy atom. The number of Topliss-reactive ketones (excluding diaryl/α,β-unsaturated/α-hetero) is 1. The zero-order valence-electron chi connectivity index (χ0n) is 14.2. The summed E-state index contributed by atoms with van der Waals surface area (Å²) in [5.74, 6) is -1.04. The van der Waals surface area contributed by atoms with Gasteiger partial charge in [0.2, 0.25) is 5.78 Å². The predicted octanol–water partition coefficient (Wildman–Crippen LogP) is 4.30. The van der Waals surface area contributed by atoms with E-state index in [0.29, 0.717) is 16.7 Å². The van der Waals surface area contributed by atoms with Crippen molar-refractivity contribution in [3.05, 3.63) is 100 Å². The Morgan fingerprint density at radius 2 is 1.41 bits per heavy atom. The van der Waals surface area contributed by atoms with Crippen molar-refractivity contribution in [2.75, 3.05) is 6.61 Å². The van der Waals surface area contributed by atoms with Crippen LogP contribution in [0.3, 0.4) is 0 Å². The Kier molecular flexibility index (Phi) is 5.37. The molecule has 0 aliphatic heterocycles. The summed E-state index contributed by atoms with van der Waals surface area (Å²) in [6.07, 6.45) is 0. The van der Waals surface area contributed by atoms with Gasteiger partial charge in [0, 0.05) is 11.6 Å². The van der Waals surface area contributed by atoms with E-state index in [0.717, 1.165) is 0 Å². The number of benzene rings is 3. The van der Waals surface area contributed by atoms with E-state index in [-0.39, 0.29) is 11.3 Å². The third-order valence-electron chi connectivity index (χ3n) is 3.96. The van der Waals surface area contributed by atoms with E-state index >= 15 is 0 Å². The highest BCUT2D eigenvalue weighted by molar-refractivity contribution is 6.05. The van der Waals surface area contributed by atoms with Gasteiger partial charge >= 0.3 is 5.97 Å². The van der Waals surface area contributed by atoms with Crippen LogP contribution >= 0.6 is 0 Å². The molecule has 134 valence electrons. The number of ketones is 1. The number of ether oxygens (including phenoxy) is 1. The SMILES string of the molecule is O=C(OCC(=O)c1ccccc1-c1ccccc1[N+](=O)[O-])c1ccccc1. The van der Waals surface area contributed by atoms with Crippen LogP contribution in [0.15, 0.2) is 78.9 Å². The van der Waals surface area contributed by atoms with Gasteiger partial charge in [-0.1, -0.05) is 54.6 Å². The molecule has 27 heavy (non-hydrogen) atoms. The molecule has 6 nitrogen and oxygen atoms in total. The van der Waals surface area contributed by atoms with Gasteiger partial charge < -0.3 is 4.74 Å². The smallest absolute Gasteiger partial charge is 0.338 e. The van der Waals surface area contributed by atoms with Gasteiger partial charge in [-0.05, 0) is 23.8 Å². The molecule has 3 aromatic carbocycles. The van der Waals surface area contributed by atoms with E-state index < -0.39 is 23.3 Å². The molecule has 0 saturated heterocycles. The predicted molar refractivity (Wildman–Crippen MR) is 99.6 cm³/mol. The molecule has 0 aromatic heterocycles. The fourth-order valence-electron chi connectivity index (χ4n) is 2.69. The quantitative estimate of drug-likeness (QED) is 0.283. The van der Waals surface area contributed by atoms with Crippen LogP contribution in [0.5, 0.6) is 0 Å². The Balaban J connectivity index is 1.85. The maximum atomic E-state index is 12.6. The first-order valence-corrected chi connectivity index (χ1v) is 8.16. The lowest BCUT2D eigenvalue weighted by Gasteiger charge is -2.10. The molecule has 0 unspecified atom stereocenters. The molecular weight excluding hydrogens is 346 g/mol. The molecule has 0 amide bonds. The number of nitro benzene ring substituents is 1. The molecule has 0 N–H and O–H groups in total. The molecule has 0 bridgehead atoms. The van der Waals surface area contributed by atoms with Crippen LogP contribution in [0.4, 0.5) is 5.69 Å². The van der Waals surface area contributed by atoms with Crippen LogP contribution in [-0.4, -0.2) is 23.3 Å². The van der Waals surface area contributed by atoms with E-state index in [1.54, 1.807) is 72.8 Å². The first-order chi connectivity index (χ1) is 13.1. The van der Waals surface area contributed by atoms with Gasteiger partial charge in [-0.15, -0.1) is 0 Å². The van der Waals surface area contributed by atoms with Crippen molar-refractivity contribution < 1.29 is 19.2 Å². The largest absolute Gasteiger partial charge is 0.454 e. The van der Waals surface area contributed by atoms with Gasteiger partial charge in [0.15, 0.2) is 6.61 Å². The summed E-state index contributed by atoms with van der Waals surface area (Å²) in [4.78, 5) is 35.4. The molecule has 0 radical (unpaired) electrons. The highest BCUT2D eigenvalue weighted by atomic mass is 16.6. The van der Waals surface area contributed by atoms with E-state index in [2.05, 4.69) is 0 Å². The van der Waals surface area contributed by atoms with Gasteiger partial charge in [0.1, 0.15) is 0 Å². The number of rotatable bonds is 6. The number of esters is 1. The second kappa shape index (κ2) is 8.05. The van der Waals surface area contributed by atoms with Crippen LogP contribution in [-0.2, 0) is 4.74 Å². The molecule has 0 heterocycles. The molecule has 0 fully saturated rings. The van der Waals surface area contributed by atoms with Crippen molar-refractivity contribution in [1.29, 1.82) is 0 Å². The van der Waals surface area contributed by atoms with Crippen molar-refractivity contribution in [1.82, 2.24) is 0 Å². The number of hydrogen-bond donors (Lipinski definition) is 0. The Morgan fingerprint density at radius 3 is 2.11 bits per heavy atom. The molecular formula is C21H15NO5. The maximum Gasteiger partial charge on any atom is 0.338 e.